The van der Waals surface area contributed by atoms with Gasteiger partial charge in [-0.3, -0.25) is 0 Å². The lowest BCUT2D eigenvalue weighted by Gasteiger charge is -2.06. The van der Waals surface area contributed by atoms with Crippen LogP contribution in [0.2, 0.25) is 0 Å². The molecule has 0 unspecified atom stereocenters. The zero-order chi connectivity index (χ0) is 11.5. The average molecular weight is 222 g/mol. The lowest BCUT2D eigenvalue weighted by molar-refractivity contribution is -0.201. The van der Waals surface area contributed by atoms with Crippen LogP contribution in [-0.2, 0) is 16.1 Å². The molecule has 0 saturated heterocycles. The van der Waals surface area contributed by atoms with Crippen molar-refractivity contribution in [1.29, 1.82) is 0 Å². The van der Waals surface area contributed by atoms with Gasteiger partial charge < -0.3 is 4.74 Å². The predicted octanol–water partition coefficient (Wildman–Crippen LogP) is 2.43. The number of hydrogen-bond donors (Lipinski definition) is 0. The van der Waals surface area contributed by atoms with Gasteiger partial charge in [-0.2, -0.15) is 13.2 Å². The second kappa shape index (κ2) is 4.29. The fourth-order valence-corrected chi connectivity index (χ4v) is 0.811. The van der Waals surface area contributed by atoms with Crippen LogP contribution in [0.3, 0.4) is 0 Å². The summed E-state index contributed by atoms with van der Waals surface area (Å²) in [6.07, 6.45) is -5.00. The molecule has 6 heteroatoms. The van der Waals surface area contributed by atoms with Gasteiger partial charge in [0.2, 0.25) is 0 Å². The van der Waals surface area contributed by atoms with E-state index in [0.29, 0.717) is 0 Å². The maximum absolute atomic E-state index is 12.4. The average Bonchev–Trinajstić information content (AvgIpc) is 2.15. The molecule has 0 bridgehead atoms. The quantitative estimate of drug-likeness (QED) is 0.567. The van der Waals surface area contributed by atoms with Crippen LogP contribution in [0.25, 0.3) is 0 Å². The number of ether oxygens (including phenoxy) is 1. The van der Waals surface area contributed by atoms with Crippen LogP contribution >= 0.6 is 0 Å². The largest absolute Gasteiger partial charge is 0.490 e. The van der Waals surface area contributed by atoms with Gasteiger partial charge in [-0.25, -0.2) is 9.18 Å². The zero-order valence-electron chi connectivity index (χ0n) is 7.34. The Morgan fingerprint density at radius 2 is 1.73 bits per heavy atom. The third-order valence-corrected chi connectivity index (χ3v) is 1.51. The minimum absolute atomic E-state index is 0.286. The molecule has 2 nitrogen and oxygen atoms in total. The van der Waals surface area contributed by atoms with Gasteiger partial charge in [0.25, 0.3) is 0 Å². The topological polar surface area (TPSA) is 26.3 Å². The molecule has 0 heterocycles. The summed E-state index contributed by atoms with van der Waals surface area (Å²) < 4.78 is 51.4. The van der Waals surface area contributed by atoms with E-state index in [-0.39, 0.29) is 5.56 Å². The first-order chi connectivity index (χ1) is 6.89. The Labute approximate surface area is 82.5 Å². The third-order valence-electron chi connectivity index (χ3n) is 1.51. The molecule has 1 rings (SSSR count). The van der Waals surface area contributed by atoms with Crippen molar-refractivity contribution in [3.05, 3.63) is 35.6 Å². The van der Waals surface area contributed by atoms with Crippen LogP contribution in [0.1, 0.15) is 5.56 Å². The molecule has 1 aromatic carbocycles. The number of carbonyl (C=O) groups is 1. The van der Waals surface area contributed by atoms with E-state index in [2.05, 4.69) is 4.74 Å². The van der Waals surface area contributed by atoms with E-state index in [1.165, 1.54) is 12.1 Å². The zero-order valence-corrected chi connectivity index (χ0v) is 7.34. The van der Waals surface area contributed by atoms with Crippen molar-refractivity contribution in [3.8, 4) is 0 Å². The van der Waals surface area contributed by atoms with E-state index in [1.807, 2.05) is 0 Å². The minimum Gasteiger partial charge on any atom is -0.454 e. The van der Waals surface area contributed by atoms with Crippen LogP contribution in [0.15, 0.2) is 24.3 Å². The van der Waals surface area contributed by atoms with Crippen molar-refractivity contribution in [2.75, 3.05) is 0 Å². The number of hydrogen-bond acceptors (Lipinski definition) is 2. The van der Waals surface area contributed by atoms with Gasteiger partial charge in [-0.15, -0.1) is 0 Å². The van der Waals surface area contributed by atoms with Gasteiger partial charge >= 0.3 is 12.1 Å². The lowest BCUT2D eigenvalue weighted by Crippen LogP contribution is -2.25. The predicted molar refractivity (Wildman–Crippen MR) is 42.3 cm³/mol. The first-order valence-electron chi connectivity index (χ1n) is 3.88. The summed E-state index contributed by atoms with van der Waals surface area (Å²) in [6.45, 7) is -0.529. The fourth-order valence-electron chi connectivity index (χ4n) is 0.811. The highest BCUT2D eigenvalue weighted by Gasteiger charge is 2.40. The SMILES string of the molecule is O=C(OCc1ccc(F)cc1)C(F)(F)F. The van der Waals surface area contributed by atoms with E-state index in [1.54, 1.807) is 0 Å². The summed E-state index contributed by atoms with van der Waals surface area (Å²) in [5.74, 6) is -2.77. The standard InChI is InChI=1S/C9H6F4O2/c10-7-3-1-6(2-4-7)5-15-8(14)9(11,12)13/h1-4H,5H2. The first kappa shape index (κ1) is 11.5. The summed E-state index contributed by atoms with van der Waals surface area (Å²) in [7, 11) is 0. The number of rotatable bonds is 2. The van der Waals surface area contributed by atoms with E-state index >= 15 is 0 Å². The summed E-state index contributed by atoms with van der Waals surface area (Å²) in [4.78, 5) is 10.3. The van der Waals surface area contributed by atoms with Crippen molar-refractivity contribution in [1.82, 2.24) is 0 Å². The molecule has 0 spiro atoms. The molecule has 0 amide bonds. The molecule has 0 aromatic heterocycles. The number of carbonyl (C=O) groups excluding carboxylic acids is 1. The van der Waals surface area contributed by atoms with Gasteiger partial charge in [0.15, 0.2) is 0 Å². The molecule has 0 atom stereocenters. The van der Waals surface area contributed by atoms with Crippen molar-refractivity contribution < 1.29 is 27.1 Å². The molecule has 0 aliphatic heterocycles. The summed E-state index contributed by atoms with van der Waals surface area (Å²) >= 11 is 0. The molecular weight excluding hydrogens is 216 g/mol. The smallest absolute Gasteiger partial charge is 0.454 e. The highest BCUT2D eigenvalue weighted by Crippen LogP contribution is 2.17. The van der Waals surface area contributed by atoms with Crippen molar-refractivity contribution in [3.63, 3.8) is 0 Å². The molecule has 0 aliphatic rings. The molecule has 82 valence electrons. The van der Waals surface area contributed by atoms with Crippen molar-refractivity contribution in [2.24, 2.45) is 0 Å². The van der Waals surface area contributed by atoms with Crippen LogP contribution in [0.5, 0.6) is 0 Å². The number of halogens is 4. The highest BCUT2D eigenvalue weighted by molar-refractivity contribution is 5.75. The Morgan fingerprint density at radius 1 is 1.20 bits per heavy atom. The molecule has 0 radical (unpaired) electrons. The molecule has 0 aliphatic carbocycles. The summed E-state index contributed by atoms with van der Waals surface area (Å²) in [5.41, 5.74) is 0.286. The van der Waals surface area contributed by atoms with Crippen LogP contribution in [0, 0.1) is 5.82 Å². The van der Waals surface area contributed by atoms with Crippen molar-refractivity contribution in [2.45, 2.75) is 12.8 Å². The van der Waals surface area contributed by atoms with E-state index in [4.69, 9.17) is 0 Å². The number of benzene rings is 1. The molecular formula is C9H6F4O2. The Morgan fingerprint density at radius 3 is 2.20 bits per heavy atom. The minimum atomic E-state index is -5.00. The van der Waals surface area contributed by atoms with Gasteiger partial charge in [0.05, 0.1) is 0 Å². The maximum Gasteiger partial charge on any atom is 0.490 e. The molecule has 0 saturated carbocycles. The molecule has 0 N–H and O–H groups in total. The number of esters is 1. The van der Waals surface area contributed by atoms with Crippen LogP contribution in [0.4, 0.5) is 17.6 Å². The van der Waals surface area contributed by atoms with E-state index in [9.17, 15) is 22.4 Å². The summed E-state index contributed by atoms with van der Waals surface area (Å²) in [6, 6.07) is 4.60. The van der Waals surface area contributed by atoms with Crippen molar-refractivity contribution >= 4 is 5.97 Å². The van der Waals surface area contributed by atoms with Gasteiger partial charge in [0.1, 0.15) is 12.4 Å². The Bertz CT molecular complexity index is 342. The first-order valence-corrected chi connectivity index (χ1v) is 3.88. The lowest BCUT2D eigenvalue weighted by atomic mass is 10.2. The Hall–Kier alpha value is -1.59. The monoisotopic (exact) mass is 222 g/mol. The van der Waals surface area contributed by atoms with Gasteiger partial charge in [-0.1, -0.05) is 12.1 Å². The Kier molecular flexibility index (Phi) is 3.28. The highest BCUT2D eigenvalue weighted by atomic mass is 19.4. The normalized spacial score (nSPS) is 11.2. The van der Waals surface area contributed by atoms with E-state index in [0.717, 1.165) is 12.1 Å². The van der Waals surface area contributed by atoms with Gasteiger partial charge in [0, 0.05) is 0 Å². The number of alkyl halides is 3. The second-order valence-electron chi connectivity index (χ2n) is 2.70. The molecule has 0 fully saturated rings. The molecule has 15 heavy (non-hydrogen) atoms. The van der Waals surface area contributed by atoms with Crippen LogP contribution < -0.4 is 0 Å². The van der Waals surface area contributed by atoms with E-state index < -0.39 is 24.6 Å². The second-order valence-corrected chi connectivity index (χ2v) is 2.70. The third kappa shape index (κ3) is 3.57. The Balaban J connectivity index is 2.51. The molecule has 1 aromatic rings. The van der Waals surface area contributed by atoms with Crippen LogP contribution in [-0.4, -0.2) is 12.1 Å². The summed E-state index contributed by atoms with van der Waals surface area (Å²) in [5, 5.41) is 0. The maximum atomic E-state index is 12.4. The van der Waals surface area contributed by atoms with Gasteiger partial charge in [-0.05, 0) is 17.7 Å². The fraction of sp³-hybridized carbons (Fsp3) is 0.222.